The van der Waals surface area contributed by atoms with Crippen molar-refractivity contribution in [2.45, 2.75) is 19.9 Å². The molecule has 0 radical (unpaired) electrons. The van der Waals surface area contributed by atoms with Crippen LogP contribution in [0.4, 0.5) is 0 Å². The summed E-state index contributed by atoms with van der Waals surface area (Å²) in [6.45, 7) is 4.71. The van der Waals surface area contributed by atoms with Gasteiger partial charge in [-0.2, -0.15) is 0 Å². The Bertz CT molecular complexity index is 568. The molecule has 0 amide bonds. The van der Waals surface area contributed by atoms with Crippen molar-refractivity contribution in [3.05, 3.63) is 63.6 Å². The quantitative estimate of drug-likeness (QED) is 0.916. The number of ether oxygens (including phenoxy) is 1. The summed E-state index contributed by atoms with van der Waals surface area (Å²) in [5, 5.41) is 0. The largest absolute Gasteiger partial charge is 0.493 e. The topological polar surface area (TPSA) is 35.2 Å². The first-order chi connectivity index (χ1) is 9.13. The number of nitrogens with two attached hydrogens (primary N) is 1. The fourth-order valence-electron chi connectivity index (χ4n) is 2.10. The molecule has 0 aliphatic heterocycles. The molecule has 0 fully saturated rings. The molecule has 0 aliphatic carbocycles. The molecule has 0 aliphatic rings. The van der Waals surface area contributed by atoms with Gasteiger partial charge >= 0.3 is 0 Å². The predicted octanol–water partition coefficient (Wildman–Crippen LogP) is 4.20. The van der Waals surface area contributed by atoms with Crippen LogP contribution in [-0.4, -0.2) is 6.61 Å². The summed E-state index contributed by atoms with van der Waals surface area (Å²) in [6, 6.07) is 14.1. The molecular weight excluding hydrogens is 302 g/mol. The van der Waals surface area contributed by atoms with E-state index in [-0.39, 0.29) is 6.04 Å². The zero-order valence-corrected chi connectivity index (χ0v) is 12.8. The van der Waals surface area contributed by atoms with E-state index in [1.54, 1.807) is 0 Å². The van der Waals surface area contributed by atoms with Gasteiger partial charge in [0.1, 0.15) is 5.75 Å². The van der Waals surface area contributed by atoms with Crippen LogP contribution >= 0.6 is 15.9 Å². The van der Waals surface area contributed by atoms with Crippen molar-refractivity contribution < 1.29 is 4.74 Å². The lowest BCUT2D eigenvalue weighted by Crippen LogP contribution is -2.13. The highest BCUT2D eigenvalue weighted by Gasteiger charge is 2.12. The fraction of sp³-hybridized carbons (Fsp3) is 0.250. The van der Waals surface area contributed by atoms with E-state index < -0.39 is 0 Å². The first-order valence-electron chi connectivity index (χ1n) is 6.36. The number of hydrogen-bond acceptors (Lipinski definition) is 2. The smallest absolute Gasteiger partial charge is 0.133 e. The molecule has 0 bridgehead atoms. The average molecular weight is 320 g/mol. The van der Waals surface area contributed by atoms with Gasteiger partial charge in [0, 0.05) is 0 Å². The lowest BCUT2D eigenvalue weighted by molar-refractivity contribution is 0.338. The molecular formula is C16H18BrNO. The van der Waals surface area contributed by atoms with E-state index in [1.807, 2.05) is 37.3 Å². The molecule has 2 nitrogen and oxygen atoms in total. The zero-order chi connectivity index (χ0) is 13.8. The second-order valence-corrected chi connectivity index (χ2v) is 5.31. The van der Waals surface area contributed by atoms with Gasteiger partial charge in [0.2, 0.25) is 0 Å². The minimum Gasteiger partial charge on any atom is -0.493 e. The highest BCUT2D eigenvalue weighted by atomic mass is 79.9. The Balaban J connectivity index is 2.32. The Morgan fingerprint density at radius 2 is 1.95 bits per heavy atom. The average Bonchev–Trinajstić information content (AvgIpc) is 2.41. The van der Waals surface area contributed by atoms with Crippen LogP contribution in [0.5, 0.6) is 5.75 Å². The third-order valence-electron chi connectivity index (χ3n) is 3.14. The Labute approximate surface area is 122 Å². The second-order valence-electron chi connectivity index (χ2n) is 4.46. The van der Waals surface area contributed by atoms with E-state index in [4.69, 9.17) is 10.5 Å². The molecule has 19 heavy (non-hydrogen) atoms. The monoisotopic (exact) mass is 319 g/mol. The minimum absolute atomic E-state index is 0.117. The summed E-state index contributed by atoms with van der Waals surface area (Å²) in [7, 11) is 0. The van der Waals surface area contributed by atoms with Gasteiger partial charge in [-0.15, -0.1) is 0 Å². The van der Waals surface area contributed by atoms with Gasteiger partial charge < -0.3 is 10.5 Å². The van der Waals surface area contributed by atoms with Crippen molar-refractivity contribution in [3.8, 4) is 5.75 Å². The summed E-state index contributed by atoms with van der Waals surface area (Å²) in [5.74, 6) is 0.850. The number of benzene rings is 2. The molecule has 0 spiro atoms. The summed E-state index contributed by atoms with van der Waals surface area (Å²) < 4.78 is 6.45. The number of aryl methyl sites for hydroxylation is 1. The van der Waals surface area contributed by atoms with Crippen LogP contribution in [-0.2, 0) is 0 Å². The Kier molecular flexibility index (Phi) is 4.61. The first kappa shape index (κ1) is 14.1. The SMILES string of the molecule is CCOc1ccc(C(N)c2ccccc2C)cc1Br. The molecule has 2 aromatic carbocycles. The highest BCUT2D eigenvalue weighted by molar-refractivity contribution is 9.10. The van der Waals surface area contributed by atoms with Crippen LogP contribution in [0.25, 0.3) is 0 Å². The maximum atomic E-state index is 6.35. The molecule has 100 valence electrons. The van der Waals surface area contributed by atoms with Crippen molar-refractivity contribution in [3.63, 3.8) is 0 Å². The lowest BCUT2D eigenvalue weighted by atomic mass is 9.96. The van der Waals surface area contributed by atoms with E-state index in [0.29, 0.717) is 6.61 Å². The van der Waals surface area contributed by atoms with Gasteiger partial charge in [-0.05, 0) is 58.6 Å². The highest BCUT2D eigenvalue weighted by Crippen LogP contribution is 2.30. The molecule has 2 rings (SSSR count). The molecule has 2 aromatic rings. The third-order valence-corrected chi connectivity index (χ3v) is 3.76. The summed E-state index contributed by atoms with van der Waals surface area (Å²) >= 11 is 3.53. The standard InChI is InChI=1S/C16H18BrNO/c1-3-19-15-9-8-12(10-14(15)17)16(18)13-7-5-4-6-11(13)2/h4-10,16H,3,18H2,1-2H3. The van der Waals surface area contributed by atoms with Crippen LogP contribution in [0.3, 0.4) is 0 Å². The fourth-order valence-corrected chi connectivity index (χ4v) is 2.61. The van der Waals surface area contributed by atoms with Gasteiger partial charge in [-0.25, -0.2) is 0 Å². The second kappa shape index (κ2) is 6.22. The van der Waals surface area contributed by atoms with Crippen LogP contribution in [0.1, 0.15) is 29.7 Å². The van der Waals surface area contributed by atoms with Crippen molar-refractivity contribution in [1.29, 1.82) is 0 Å². The number of rotatable bonds is 4. The molecule has 2 N–H and O–H groups in total. The van der Waals surface area contributed by atoms with E-state index >= 15 is 0 Å². The van der Waals surface area contributed by atoms with E-state index in [1.165, 1.54) is 5.56 Å². The van der Waals surface area contributed by atoms with Crippen molar-refractivity contribution in [1.82, 2.24) is 0 Å². The maximum absolute atomic E-state index is 6.35. The van der Waals surface area contributed by atoms with Gasteiger partial charge in [-0.1, -0.05) is 30.3 Å². The van der Waals surface area contributed by atoms with Crippen molar-refractivity contribution in [2.75, 3.05) is 6.61 Å². The minimum atomic E-state index is -0.117. The molecule has 0 saturated heterocycles. The van der Waals surface area contributed by atoms with Gasteiger partial charge in [0.25, 0.3) is 0 Å². The normalized spacial score (nSPS) is 12.2. The molecule has 1 unspecified atom stereocenters. The summed E-state index contributed by atoms with van der Waals surface area (Å²) in [5.41, 5.74) is 9.78. The molecule has 0 aromatic heterocycles. The maximum Gasteiger partial charge on any atom is 0.133 e. The number of halogens is 1. The van der Waals surface area contributed by atoms with Crippen molar-refractivity contribution in [2.24, 2.45) is 5.73 Å². The van der Waals surface area contributed by atoms with E-state index in [2.05, 4.69) is 35.0 Å². The Hall–Kier alpha value is -1.32. The van der Waals surface area contributed by atoms with Gasteiger partial charge in [0.05, 0.1) is 17.1 Å². The zero-order valence-electron chi connectivity index (χ0n) is 11.2. The van der Waals surface area contributed by atoms with Gasteiger partial charge in [0.15, 0.2) is 0 Å². The summed E-state index contributed by atoms with van der Waals surface area (Å²) in [4.78, 5) is 0. The number of hydrogen-bond donors (Lipinski definition) is 1. The van der Waals surface area contributed by atoms with Crippen LogP contribution in [0.2, 0.25) is 0 Å². The van der Waals surface area contributed by atoms with Crippen LogP contribution < -0.4 is 10.5 Å². The predicted molar refractivity (Wildman–Crippen MR) is 82.5 cm³/mol. The molecule has 3 heteroatoms. The van der Waals surface area contributed by atoms with E-state index in [9.17, 15) is 0 Å². The van der Waals surface area contributed by atoms with Gasteiger partial charge in [-0.3, -0.25) is 0 Å². The summed E-state index contributed by atoms with van der Waals surface area (Å²) in [6.07, 6.45) is 0. The van der Waals surface area contributed by atoms with Crippen molar-refractivity contribution >= 4 is 15.9 Å². The first-order valence-corrected chi connectivity index (χ1v) is 7.16. The molecule has 0 saturated carbocycles. The van der Waals surface area contributed by atoms with E-state index in [0.717, 1.165) is 21.3 Å². The lowest BCUT2D eigenvalue weighted by Gasteiger charge is -2.16. The van der Waals surface area contributed by atoms with Crippen LogP contribution in [0.15, 0.2) is 46.9 Å². The Morgan fingerprint density at radius 3 is 2.58 bits per heavy atom. The molecule has 1 atom stereocenters. The van der Waals surface area contributed by atoms with Crippen LogP contribution in [0, 0.1) is 6.92 Å². The molecule has 0 heterocycles. The third kappa shape index (κ3) is 3.17. The Morgan fingerprint density at radius 1 is 1.21 bits per heavy atom.